The van der Waals surface area contributed by atoms with E-state index in [1.54, 1.807) is 6.07 Å². The third-order valence-electron chi connectivity index (χ3n) is 3.65. The second kappa shape index (κ2) is 8.37. The van der Waals surface area contributed by atoms with Crippen molar-refractivity contribution in [1.82, 2.24) is 0 Å². The normalized spacial score (nSPS) is 10.5. The molecular weight excluding hydrogens is 405 g/mol. The van der Waals surface area contributed by atoms with Crippen molar-refractivity contribution >= 4 is 33.2 Å². The summed E-state index contributed by atoms with van der Waals surface area (Å²) in [6.07, 6.45) is 0. The molecule has 0 aliphatic rings. The highest BCUT2D eigenvalue weighted by Gasteiger charge is 2.04. The topological polar surface area (TPSA) is 21.3 Å². The number of rotatable bonds is 6. The molecule has 3 aromatic rings. The molecule has 5 heteroatoms. The van der Waals surface area contributed by atoms with Gasteiger partial charge >= 0.3 is 0 Å². The quantitative estimate of drug-likeness (QED) is 0.496. The molecular formula is C20H16BrClFNO. The minimum atomic E-state index is -0.352. The van der Waals surface area contributed by atoms with Gasteiger partial charge in [-0.05, 0) is 54.1 Å². The van der Waals surface area contributed by atoms with Gasteiger partial charge in [-0.1, -0.05) is 45.7 Å². The van der Waals surface area contributed by atoms with Crippen molar-refractivity contribution in [2.45, 2.75) is 13.2 Å². The predicted octanol–water partition coefficient (Wildman–Crippen LogP) is 6.43. The zero-order chi connectivity index (χ0) is 17.6. The Hall–Kier alpha value is -2.04. The summed E-state index contributed by atoms with van der Waals surface area (Å²) in [4.78, 5) is 0. The van der Waals surface area contributed by atoms with Gasteiger partial charge < -0.3 is 10.1 Å². The Labute approximate surface area is 159 Å². The molecule has 0 amide bonds. The maximum atomic E-state index is 13.1. The Morgan fingerprint density at radius 1 is 1.00 bits per heavy atom. The Bertz CT molecular complexity index is 855. The number of halogens is 3. The van der Waals surface area contributed by atoms with Gasteiger partial charge in [0.2, 0.25) is 0 Å². The molecule has 0 unspecified atom stereocenters. The summed E-state index contributed by atoms with van der Waals surface area (Å²) < 4.78 is 19.9. The summed E-state index contributed by atoms with van der Waals surface area (Å²) in [5.41, 5.74) is 2.90. The summed E-state index contributed by atoms with van der Waals surface area (Å²) >= 11 is 9.44. The molecule has 0 radical (unpaired) electrons. The van der Waals surface area contributed by atoms with Crippen molar-refractivity contribution in [3.8, 4) is 5.75 Å². The van der Waals surface area contributed by atoms with Crippen molar-refractivity contribution in [3.63, 3.8) is 0 Å². The van der Waals surface area contributed by atoms with Gasteiger partial charge in [0.15, 0.2) is 0 Å². The zero-order valence-corrected chi connectivity index (χ0v) is 15.6. The molecule has 0 fully saturated rings. The van der Waals surface area contributed by atoms with Crippen molar-refractivity contribution < 1.29 is 9.13 Å². The van der Waals surface area contributed by atoms with Crippen LogP contribution in [-0.4, -0.2) is 0 Å². The number of hydrogen-bond acceptors (Lipinski definition) is 2. The summed E-state index contributed by atoms with van der Waals surface area (Å²) in [5, 5.41) is 3.73. The van der Waals surface area contributed by atoms with Gasteiger partial charge in [0.1, 0.15) is 18.2 Å². The van der Waals surface area contributed by atoms with Crippen LogP contribution in [0.25, 0.3) is 0 Å². The predicted molar refractivity (Wildman–Crippen MR) is 104 cm³/mol. The van der Waals surface area contributed by atoms with Crippen LogP contribution in [0.2, 0.25) is 5.02 Å². The molecule has 3 aromatic carbocycles. The van der Waals surface area contributed by atoms with Crippen molar-refractivity contribution in [2.75, 3.05) is 5.32 Å². The van der Waals surface area contributed by atoms with Crippen LogP contribution >= 0.6 is 27.5 Å². The molecule has 0 saturated heterocycles. The van der Waals surface area contributed by atoms with Crippen LogP contribution in [0, 0.1) is 5.82 Å². The first kappa shape index (κ1) is 17.8. The van der Waals surface area contributed by atoms with Gasteiger partial charge in [0.05, 0.1) is 5.02 Å². The number of benzene rings is 3. The van der Waals surface area contributed by atoms with Crippen LogP contribution in [0.1, 0.15) is 11.1 Å². The molecule has 0 heterocycles. The third-order valence-corrected chi connectivity index (χ3v) is 4.53. The highest BCUT2D eigenvalue weighted by molar-refractivity contribution is 9.10. The van der Waals surface area contributed by atoms with Crippen molar-refractivity contribution in [3.05, 3.63) is 93.2 Å². The molecule has 0 bridgehead atoms. The number of hydrogen-bond donors (Lipinski definition) is 1. The van der Waals surface area contributed by atoms with Gasteiger partial charge in [-0.25, -0.2) is 4.39 Å². The molecule has 0 atom stereocenters. The molecule has 0 aromatic heterocycles. The fraction of sp³-hybridized carbons (Fsp3) is 0.100. The van der Waals surface area contributed by atoms with E-state index in [1.165, 1.54) is 12.1 Å². The van der Waals surface area contributed by atoms with E-state index < -0.39 is 0 Å². The second-order valence-corrected chi connectivity index (χ2v) is 6.86. The molecule has 25 heavy (non-hydrogen) atoms. The monoisotopic (exact) mass is 419 g/mol. The lowest BCUT2D eigenvalue weighted by Crippen LogP contribution is -2.01. The minimum Gasteiger partial charge on any atom is -0.489 e. The van der Waals surface area contributed by atoms with Crippen molar-refractivity contribution in [2.24, 2.45) is 0 Å². The van der Waals surface area contributed by atoms with E-state index in [4.69, 9.17) is 16.3 Å². The summed E-state index contributed by atoms with van der Waals surface area (Å²) in [5.74, 6) is 0.394. The van der Waals surface area contributed by atoms with E-state index >= 15 is 0 Å². The Kier molecular flexibility index (Phi) is 5.95. The van der Waals surface area contributed by atoms with Crippen LogP contribution in [0.5, 0.6) is 5.75 Å². The van der Waals surface area contributed by atoms with Gasteiger partial charge in [0, 0.05) is 22.3 Å². The van der Waals surface area contributed by atoms with E-state index in [-0.39, 0.29) is 5.82 Å². The fourth-order valence-electron chi connectivity index (χ4n) is 2.32. The van der Waals surface area contributed by atoms with Crippen molar-refractivity contribution in [1.29, 1.82) is 0 Å². The summed E-state index contributed by atoms with van der Waals surface area (Å²) in [6, 6.07) is 20.2. The Morgan fingerprint density at radius 2 is 1.80 bits per heavy atom. The Morgan fingerprint density at radius 3 is 2.56 bits per heavy atom. The van der Waals surface area contributed by atoms with Crippen LogP contribution < -0.4 is 10.1 Å². The first-order valence-corrected chi connectivity index (χ1v) is 8.92. The lowest BCUT2D eigenvalue weighted by Gasteiger charge is -2.11. The zero-order valence-electron chi connectivity index (χ0n) is 13.3. The minimum absolute atomic E-state index is 0.294. The smallest absolute Gasteiger partial charge is 0.124 e. The number of anilines is 1. The van der Waals surface area contributed by atoms with Gasteiger partial charge in [-0.2, -0.15) is 0 Å². The van der Waals surface area contributed by atoms with Crippen LogP contribution in [0.4, 0.5) is 10.1 Å². The van der Waals surface area contributed by atoms with Gasteiger partial charge in [-0.15, -0.1) is 0 Å². The molecule has 2 nitrogen and oxygen atoms in total. The lowest BCUT2D eigenvalue weighted by atomic mass is 10.2. The largest absolute Gasteiger partial charge is 0.489 e. The maximum absolute atomic E-state index is 13.1. The standard InChI is InChI=1S/C20H16BrClFNO/c21-16-5-8-18(9-6-16)24-12-14-2-1-3-19(10-14)25-13-15-4-7-17(23)11-20(15)22/h1-11,24H,12-13H2. The molecule has 0 spiro atoms. The van der Waals surface area contributed by atoms with Gasteiger partial charge in [-0.3, -0.25) is 0 Å². The fourth-order valence-corrected chi connectivity index (χ4v) is 2.80. The molecule has 3 rings (SSSR count). The SMILES string of the molecule is Fc1ccc(COc2cccc(CNc3ccc(Br)cc3)c2)c(Cl)c1. The van der Waals surface area contributed by atoms with Crippen LogP contribution in [0.3, 0.4) is 0 Å². The highest BCUT2D eigenvalue weighted by Crippen LogP contribution is 2.21. The van der Waals surface area contributed by atoms with E-state index in [1.807, 2.05) is 48.5 Å². The number of ether oxygens (including phenoxy) is 1. The molecule has 128 valence electrons. The first-order valence-electron chi connectivity index (χ1n) is 7.75. The van der Waals surface area contributed by atoms with E-state index in [0.717, 1.165) is 27.0 Å². The third kappa shape index (κ3) is 5.21. The van der Waals surface area contributed by atoms with Gasteiger partial charge in [0.25, 0.3) is 0 Å². The molecule has 0 aliphatic heterocycles. The molecule has 0 aliphatic carbocycles. The average Bonchev–Trinajstić information content (AvgIpc) is 2.61. The summed E-state index contributed by atoms with van der Waals surface area (Å²) in [6.45, 7) is 0.985. The van der Waals surface area contributed by atoms with E-state index in [0.29, 0.717) is 18.2 Å². The molecule has 1 N–H and O–H groups in total. The average molecular weight is 421 g/mol. The second-order valence-electron chi connectivity index (χ2n) is 5.53. The molecule has 0 saturated carbocycles. The summed E-state index contributed by atoms with van der Waals surface area (Å²) in [7, 11) is 0. The van der Waals surface area contributed by atoms with Crippen LogP contribution in [-0.2, 0) is 13.2 Å². The highest BCUT2D eigenvalue weighted by atomic mass is 79.9. The van der Waals surface area contributed by atoms with E-state index in [2.05, 4.69) is 21.2 Å². The van der Waals surface area contributed by atoms with Crippen LogP contribution in [0.15, 0.2) is 71.2 Å². The maximum Gasteiger partial charge on any atom is 0.124 e. The first-order chi connectivity index (χ1) is 12.1. The Balaban J connectivity index is 1.60. The lowest BCUT2D eigenvalue weighted by molar-refractivity contribution is 0.306. The van der Waals surface area contributed by atoms with E-state index in [9.17, 15) is 4.39 Å². The number of nitrogens with one attached hydrogen (secondary N) is 1.